The summed E-state index contributed by atoms with van der Waals surface area (Å²) in [5, 5.41) is 3.84. The van der Waals surface area contributed by atoms with E-state index in [4.69, 9.17) is 0 Å². The second-order valence-electron chi connectivity index (χ2n) is 5.10. The molecule has 1 aromatic rings. The average molecular weight is 312 g/mol. The predicted molar refractivity (Wildman–Crippen MR) is 79.8 cm³/mol. The van der Waals surface area contributed by atoms with E-state index < -0.39 is 0 Å². The average Bonchev–Trinajstić information content (AvgIpc) is 2.39. The van der Waals surface area contributed by atoms with Gasteiger partial charge in [0, 0.05) is 11.8 Å². The molecule has 1 N–H and O–H groups in total. The van der Waals surface area contributed by atoms with Gasteiger partial charge in [-0.1, -0.05) is 66.5 Å². The van der Waals surface area contributed by atoms with E-state index >= 15 is 0 Å². The first kappa shape index (κ1) is 15.2. The number of hydrogen-bond acceptors (Lipinski definition) is 1. The normalized spacial score (nSPS) is 15.8. The molecule has 0 aliphatic carbocycles. The van der Waals surface area contributed by atoms with Gasteiger partial charge in [0.15, 0.2) is 0 Å². The Morgan fingerprint density at radius 2 is 2.00 bits per heavy atom. The van der Waals surface area contributed by atoms with Gasteiger partial charge in [-0.3, -0.25) is 4.79 Å². The molecular weight excluding hydrogens is 290 g/mol. The molecule has 18 heavy (non-hydrogen) atoms. The van der Waals surface area contributed by atoms with Crippen molar-refractivity contribution in [3.05, 3.63) is 35.9 Å². The molecule has 0 heterocycles. The quantitative estimate of drug-likeness (QED) is 0.794. The van der Waals surface area contributed by atoms with Crippen LogP contribution < -0.4 is 5.32 Å². The molecule has 0 bridgehead atoms. The summed E-state index contributed by atoms with van der Waals surface area (Å²) in [7, 11) is 0. The van der Waals surface area contributed by atoms with Crippen molar-refractivity contribution in [2.24, 2.45) is 5.92 Å². The number of nitrogens with one attached hydrogen (secondary N) is 1. The van der Waals surface area contributed by atoms with Crippen LogP contribution in [0.4, 0.5) is 0 Å². The van der Waals surface area contributed by atoms with E-state index in [0.29, 0.717) is 17.7 Å². The highest BCUT2D eigenvalue weighted by Gasteiger charge is 2.27. The minimum absolute atomic E-state index is 0.121. The van der Waals surface area contributed by atoms with Crippen LogP contribution in [-0.2, 0) is 10.3 Å². The number of rotatable bonds is 6. The lowest BCUT2D eigenvalue weighted by molar-refractivity contribution is -0.123. The Bertz CT molecular complexity index is 379. The van der Waals surface area contributed by atoms with Crippen molar-refractivity contribution >= 4 is 21.8 Å². The van der Waals surface area contributed by atoms with Crippen LogP contribution in [0.5, 0.6) is 0 Å². The van der Waals surface area contributed by atoms with Crippen LogP contribution in [0.2, 0.25) is 0 Å². The Labute approximate surface area is 118 Å². The number of benzene rings is 1. The zero-order chi connectivity index (χ0) is 13.6. The van der Waals surface area contributed by atoms with Crippen LogP contribution in [0.1, 0.15) is 39.2 Å². The fraction of sp³-hybridized carbons (Fsp3) is 0.533. The van der Waals surface area contributed by atoms with Crippen molar-refractivity contribution in [3.63, 3.8) is 0 Å². The monoisotopic (exact) mass is 311 g/mol. The van der Waals surface area contributed by atoms with Gasteiger partial charge in [0.1, 0.15) is 0 Å². The summed E-state index contributed by atoms with van der Waals surface area (Å²) in [4.78, 5) is 12.0. The molecule has 0 aliphatic rings. The minimum atomic E-state index is -0.341. The number of halogens is 1. The molecule has 2 atom stereocenters. The van der Waals surface area contributed by atoms with E-state index in [-0.39, 0.29) is 11.4 Å². The minimum Gasteiger partial charge on any atom is -0.346 e. The highest BCUT2D eigenvalue weighted by molar-refractivity contribution is 9.09. The summed E-state index contributed by atoms with van der Waals surface area (Å²) in [6.45, 7) is 6.26. The second-order valence-corrected chi connectivity index (χ2v) is 5.66. The summed E-state index contributed by atoms with van der Waals surface area (Å²) in [6.07, 6.45) is 1.62. The summed E-state index contributed by atoms with van der Waals surface area (Å²) in [6, 6.07) is 10.1. The highest BCUT2D eigenvalue weighted by Crippen LogP contribution is 2.23. The zero-order valence-electron chi connectivity index (χ0n) is 11.4. The number of amides is 1. The van der Waals surface area contributed by atoms with Gasteiger partial charge in [0.2, 0.25) is 5.91 Å². The van der Waals surface area contributed by atoms with Gasteiger partial charge in [0.25, 0.3) is 0 Å². The SMILES string of the molecule is CCC(C)CC(=O)NC(C)(CBr)c1ccccc1. The van der Waals surface area contributed by atoms with Crippen LogP contribution >= 0.6 is 15.9 Å². The summed E-state index contributed by atoms with van der Waals surface area (Å²) >= 11 is 3.51. The smallest absolute Gasteiger partial charge is 0.220 e. The molecule has 1 amide bonds. The number of hydrogen-bond donors (Lipinski definition) is 1. The molecule has 0 aliphatic heterocycles. The van der Waals surface area contributed by atoms with Crippen LogP contribution in [0.15, 0.2) is 30.3 Å². The maximum Gasteiger partial charge on any atom is 0.220 e. The first-order chi connectivity index (χ1) is 8.51. The largest absolute Gasteiger partial charge is 0.346 e. The van der Waals surface area contributed by atoms with Gasteiger partial charge in [-0.15, -0.1) is 0 Å². The van der Waals surface area contributed by atoms with Crippen LogP contribution in [-0.4, -0.2) is 11.2 Å². The first-order valence-corrected chi connectivity index (χ1v) is 7.56. The van der Waals surface area contributed by atoms with E-state index in [9.17, 15) is 4.79 Å². The molecule has 100 valence electrons. The van der Waals surface area contributed by atoms with Crippen molar-refractivity contribution in [1.82, 2.24) is 5.32 Å². The molecule has 0 saturated heterocycles. The van der Waals surface area contributed by atoms with E-state index in [1.165, 1.54) is 0 Å². The fourth-order valence-electron chi connectivity index (χ4n) is 1.81. The molecule has 0 radical (unpaired) electrons. The summed E-state index contributed by atoms with van der Waals surface area (Å²) in [5.41, 5.74) is 0.783. The Morgan fingerprint density at radius 1 is 1.39 bits per heavy atom. The van der Waals surface area contributed by atoms with Gasteiger partial charge in [-0.2, -0.15) is 0 Å². The maximum absolute atomic E-state index is 12.0. The highest BCUT2D eigenvalue weighted by atomic mass is 79.9. The van der Waals surface area contributed by atoms with Gasteiger partial charge in [-0.05, 0) is 18.4 Å². The molecule has 1 aromatic carbocycles. The maximum atomic E-state index is 12.0. The van der Waals surface area contributed by atoms with E-state index in [2.05, 4.69) is 35.1 Å². The molecule has 0 spiro atoms. The molecular formula is C15H22BrNO. The number of carbonyl (C=O) groups is 1. The second kappa shape index (κ2) is 6.93. The van der Waals surface area contributed by atoms with Gasteiger partial charge < -0.3 is 5.32 Å². The van der Waals surface area contributed by atoms with Gasteiger partial charge >= 0.3 is 0 Å². The predicted octanol–water partition coefficient (Wildman–Crippen LogP) is 3.85. The van der Waals surface area contributed by atoms with Gasteiger partial charge in [-0.25, -0.2) is 0 Å². The lowest BCUT2D eigenvalue weighted by Crippen LogP contribution is -2.45. The van der Waals surface area contributed by atoms with E-state index in [1.54, 1.807) is 0 Å². The van der Waals surface area contributed by atoms with E-state index in [1.807, 2.05) is 37.3 Å². The topological polar surface area (TPSA) is 29.1 Å². The lowest BCUT2D eigenvalue weighted by Gasteiger charge is -2.30. The van der Waals surface area contributed by atoms with Crippen molar-refractivity contribution in [2.45, 2.75) is 39.2 Å². The van der Waals surface area contributed by atoms with Crippen LogP contribution in [0, 0.1) is 5.92 Å². The number of alkyl halides is 1. The molecule has 2 nitrogen and oxygen atoms in total. The van der Waals surface area contributed by atoms with Crippen molar-refractivity contribution < 1.29 is 4.79 Å². The molecule has 1 rings (SSSR count). The number of carbonyl (C=O) groups excluding carboxylic acids is 1. The molecule has 0 saturated carbocycles. The Balaban J connectivity index is 2.75. The van der Waals surface area contributed by atoms with Crippen molar-refractivity contribution in [1.29, 1.82) is 0 Å². The van der Waals surface area contributed by atoms with E-state index in [0.717, 1.165) is 12.0 Å². The molecule has 3 heteroatoms. The molecule has 0 fully saturated rings. The van der Waals surface area contributed by atoms with Crippen molar-refractivity contribution in [3.8, 4) is 0 Å². The summed E-state index contributed by atoms with van der Waals surface area (Å²) < 4.78 is 0. The van der Waals surface area contributed by atoms with Crippen molar-refractivity contribution in [2.75, 3.05) is 5.33 Å². The summed E-state index contributed by atoms with van der Waals surface area (Å²) in [5.74, 6) is 0.551. The third-order valence-electron chi connectivity index (χ3n) is 3.32. The molecule has 0 aromatic heterocycles. The lowest BCUT2D eigenvalue weighted by atomic mass is 9.93. The zero-order valence-corrected chi connectivity index (χ0v) is 13.0. The Morgan fingerprint density at radius 3 is 2.50 bits per heavy atom. The van der Waals surface area contributed by atoms with Gasteiger partial charge in [0.05, 0.1) is 5.54 Å². The Hall–Kier alpha value is -0.830. The van der Waals surface area contributed by atoms with Crippen LogP contribution in [0.3, 0.4) is 0 Å². The molecule has 2 unspecified atom stereocenters. The third kappa shape index (κ3) is 4.13. The van der Waals surface area contributed by atoms with Crippen LogP contribution in [0.25, 0.3) is 0 Å². The standard InChI is InChI=1S/C15H22BrNO/c1-4-12(2)10-14(18)17-15(3,11-16)13-8-6-5-7-9-13/h5-9,12H,4,10-11H2,1-3H3,(H,17,18). The Kier molecular flexibility index (Phi) is 5.86. The fourth-order valence-corrected chi connectivity index (χ4v) is 2.27. The first-order valence-electron chi connectivity index (χ1n) is 6.44. The third-order valence-corrected chi connectivity index (χ3v) is 4.45.